The summed E-state index contributed by atoms with van der Waals surface area (Å²) in [7, 11) is 0. The zero-order chi connectivity index (χ0) is 13.0. The maximum atomic E-state index is 9.73. The molecule has 0 fully saturated rings. The SMILES string of the molecule is CCC(CC(O)CN)c1c(C)cc(C)cc1C. The number of hydrogen-bond donors (Lipinski definition) is 2. The molecule has 0 aromatic heterocycles. The maximum Gasteiger partial charge on any atom is 0.0668 e. The van der Waals surface area contributed by atoms with Gasteiger partial charge in [-0.3, -0.25) is 0 Å². The van der Waals surface area contributed by atoms with Crippen molar-refractivity contribution in [2.24, 2.45) is 5.73 Å². The molecule has 96 valence electrons. The highest BCUT2D eigenvalue weighted by Crippen LogP contribution is 2.31. The van der Waals surface area contributed by atoms with Gasteiger partial charge in [-0.25, -0.2) is 0 Å². The van der Waals surface area contributed by atoms with Gasteiger partial charge in [-0.1, -0.05) is 24.6 Å². The molecule has 0 saturated heterocycles. The fraction of sp³-hybridized carbons (Fsp3) is 0.600. The van der Waals surface area contributed by atoms with Gasteiger partial charge in [0.15, 0.2) is 0 Å². The van der Waals surface area contributed by atoms with Gasteiger partial charge in [0.05, 0.1) is 6.10 Å². The van der Waals surface area contributed by atoms with Crippen molar-refractivity contribution in [3.8, 4) is 0 Å². The van der Waals surface area contributed by atoms with Crippen LogP contribution in [0.15, 0.2) is 12.1 Å². The molecule has 0 aliphatic heterocycles. The largest absolute Gasteiger partial charge is 0.392 e. The molecule has 0 amide bonds. The first kappa shape index (κ1) is 14.2. The average molecular weight is 235 g/mol. The van der Waals surface area contributed by atoms with Crippen LogP contribution in [0.5, 0.6) is 0 Å². The van der Waals surface area contributed by atoms with E-state index in [0.717, 1.165) is 12.8 Å². The highest BCUT2D eigenvalue weighted by Gasteiger charge is 2.18. The quantitative estimate of drug-likeness (QED) is 0.824. The lowest BCUT2D eigenvalue weighted by atomic mass is 9.84. The topological polar surface area (TPSA) is 46.2 Å². The standard InChI is InChI=1S/C15H25NO/c1-5-13(8-14(17)9-16)15-11(3)6-10(2)7-12(15)4/h6-7,13-14,17H,5,8-9,16H2,1-4H3. The van der Waals surface area contributed by atoms with Crippen LogP contribution < -0.4 is 5.73 Å². The summed E-state index contributed by atoms with van der Waals surface area (Å²) in [6, 6.07) is 4.44. The van der Waals surface area contributed by atoms with E-state index in [1.165, 1.54) is 22.3 Å². The molecular weight excluding hydrogens is 210 g/mol. The van der Waals surface area contributed by atoms with Crippen LogP contribution in [0.3, 0.4) is 0 Å². The number of hydrogen-bond acceptors (Lipinski definition) is 2. The Bertz CT molecular complexity index is 350. The Labute approximate surface area is 105 Å². The molecule has 0 aliphatic carbocycles. The monoisotopic (exact) mass is 235 g/mol. The molecule has 2 nitrogen and oxygen atoms in total. The van der Waals surface area contributed by atoms with E-state index in [-0.39, 0.29) is 6.10 Å². The molecule has 0 radical (unpaired) electrons. The summed E-state index contributed by atoms with van der Waals surface area (Å²) in [6.45, 7) is 8.96. The molecule has 17 heavy (non-hydrogen) atoms. The molecule has 1 aromatic carbocycles. The van der Waals surface area contributed by atoms with Crippen molar-refractivity contribution in [2.75, 3.05) is 6.54 Å². The average Bonchev–Trinajstić information content (AvgIpc) is 2.25. The molecule has 1 rings (SSSR count). The lowest BCUT2D eigenvalue weighted by Crippen LogP contribution is -2.22. The minimum Gasteiger partial charge on any atom is -0.392 e. The van der Waals surface area contributed by atoms with Gasteiger partial charge in [-0.05, 0) is 56.2 Å². The van der Waals surface area contributed by atoms with Crippen molar-refractivity contribution in [1.29, 1.82) is 0 Å². The fourth-order valence-electron chi connectivity index (χ4n) is 2.75. The molecule has 0 heterocycles. The lowest BCUT2D eigenvalue weighted by Gasteiger charge is -2.23. The molecule has 0 spiro atoms. The summed E-state index contributed by atoms with van der Waals surface area (Å²) in [5, 5.41) is 9.73. The second-order valence-corrected chi connectivity index (χ2v) is 5.04. The van der Waals surface area contributed by atoms with Crippen molar-refractivity contribution in [1.82, 2.24) is 0 Å². The Balaban J connectivity index is 3.03. The Hall–Kier alpha value is -0.860. The van der Waals surface area contributed by atoms with Crippen LogP contribution in [0, 0.1) is 20.8 Å². The molecular formula is C15H25NO. The summed E-state index contributed by atoms with van der Waals surface area (Å²) in [5.74, 6) is 0.411. The third-order valence-corrected chi connectivity index (χ3v) is 3.47. The van der Waals surface area contributed by atoms with Gasteiger partial charge in [-0.2, -0.15) is 0 Å². The van der Waals surface area contributed by atoms with Gasteiger partial charge in [0.2, 0.25) is 0 Å². The molecule has 0 bridgehead atoms. The first-order valence-electron chi connectivity index (χ1n) is 6.45. The van der Waals surface area contributed by atoms with Crippen LogP contribution in [0.25, 0.3) is 0 Å². The second kappa shape index (κ2) is 6.18. The zero-order valence-electron chi connectivity index (χ0n) is 11.5. The van der Waals surface area contributed by atoms with Crippen LogP contribution >= 0.6 is 0 Å². The van der Waals surface area contributed by atoms with Gasteiger partial charge < -0.3 is 10.8 Å². The summed E-state index contributed by atoms with van der Waals surface area (Å²) >= 11 is 0. The van der Waals surface area contributed by atoms with Gasteiger partial charge in [0, 0.05) is 6.54 Å². The van der Waals surface area contributed by atoms with Crippen molar-refractivity contribution in [2.45, 2.75) is 52.6 Å². The number of aliphatic hydroxyl groups is 1. The summed E-state index contributed by atoms with van der Waals surface area (Å²) in [4.78, 5) is 0. The number of aryl methyl sites for hydroxylation is 3. The third kappa shape index (κ3) is 3.55. The zero-order valence-corrected chi connectivity index (χ0v) is 11.5. The van der Waals surface area contributed by atoms with Crippen molar-refractivity contribution < 1.29 is 5.11 Å². The first-order valence-corrected chi connectivity index (χ1v) is 6.45. The Morgan fingerprint density at radius 2 is 1.71 bits per heavy atom. The van der Waals surface area contributed by atoms with E-state index in [4.69, 9.17) is 5.73 Å². The van der Waals surface area contributed by atoms with Crippen LogP contribution in [0.4, 0.5) is 0 Å². The molecule has 3 N–H and O–H groups in total. The van der Waals surface area contributed by atoms with Gasteiger partial charge in [-0.15, -0.1) is 0 Å². The molecule has 0 aliphatic rings. The fourth-order valence-corrected chi connectivity index (χ4v) is 2.75. The molecule has 2 unspecified atom stereocenters. The van der Waals surface area contributed by atoms with E-state index in [2.05, 4.69) is 39.8 Å². The van der Waals surface area contributed by atoms with Gasteiger partial charge >= 0.3 is 0 Å². The number of benzene rings is 1. The number of rotatable bonds is 5. The minimum atomic E-state index is -0.389. The van der Waals surface area contributed by atoms with E-state index < -0.39 is 0 Å². The van der Waals surface area contributed by atoms with Gasteiger partial charge in [0.1, 0.15) is 0 Å². The lowest BCUT2D eigenvalue weighted by molar-refractivity contribution is 0.162. The first-order chi connectivity index (χ1) is 7.99. The smallest absolute Gasteiger partial charge is 0.0668 e. The predicted molar refractivity (Wildman–Crippen MR) is 73.4 cm³/mol. The Kier molecular flexibility index (Phi) is 5.16. The third-order valence-electron chi connectivity index (χ3n) is 3.47. The summed E-state index contributed by atoms with van der Waals surface area (Å²) in [5.41, 5.74) is 10.9. The Morgan fingerprint density at radius 1 is 1.18 bits per heavy atom. The number of nitrogens with two attached hydrogens (primary N) is 1. The molecule has 2 atom stereocenters. The van der Waals surface area contributed by atoms with Crippen molar-refractivity contribution >= 4 is 0 Å². The maximum absolute atomic E-state index is 9.73. The van der Waals surface area contributed by atoms with E-state index in [1.807, 2.05) is 0 Å². The van der Waals surface area contributed by atoms with Crippen LogP contribution in [-0.4, -0.2) is 17.8 Å². The number of aliphatic hydroxyl groups excluding tert-OH is 1. The van der Waals surface area contributed by atoms with E-state index in [0.29, 0.717) is 12.5 Å². The normalized spacial score (nSPS) is 14.7. The molecule has 0 saturated carbocycles. The van der Waals surface area contributed by atoms with E-state index in [1.54, 1.807) is 0 Å². The molecule has 2 heteroatoms. The summed E-state index contributed by atoms with van der Waals surface area (Å²) in [6.07, 6.45) is 1.42. The van der Waals surface area contributed by atoms with Crippen molar-refractivity contribution in [3.63, 3.8) is 0 Å². The second-order valence-electron chi connectivity index (χ2n) is 5.04. The Morgan fingerprint density at radius 3 is 2.12 bits per heavy atom. The predicted octanol–water partition coefficient (Wildman–Crippen LogP) is 2.82. The van der Waals surface area contributed by atoms with E-state index in [9.17, 15) is 5.11 Å². The van der Waals surface area contributed by atoms with Crippen LogP contribution in [-0.2, 0) is 0 Å². The molecule has 1 aromatic rings. The minimum absolute atomic E-state index is 0.348. The van der Waals surface area contributed by atoms with Crippen LogP contribution in [0.2, 0.25) is 0 Å². The van der Waals surface area contributed by atoms with Crippen molar-refractivity contribution in [3.05, 3.63) is 34.4 Å². The van der Waals surface area contributed by atoms with Gasteiger partial charge in [0.25, 0.3) is 0 Å². The van der Waals surface area contributed by atoms with Crippen LogP contribution in [0.1, 0.15) is 47.9 Å². The summed E-state index contributed by atoms with van der Waals surface area (Å²) < 4.78 is 0. The highest BCUT2D eigenvalue weighted by molar-refractivity contribution is 5.40. The highest BCUT2D eigenvalue weighted by atomic mass is 16.3. The van der Waals surface area contributed by atoms with E-state index >= 15 is 0 Å².